The molecule has 7 nitrogen and oxygen atoms in total. The third-order valence-corrected chi connectivity index (χ3v) is 7.95. The maximum absolute atomic E-state index is 8.08. The van der Waals surface area contributed by atoms with Gasteiger partial charge in [-0.25, -0.2) is 0 Å². The Hall–Kier alpha value is -3.50. The molecule has 0 saturated carbocycles. The Balaban J connectivity index is 1.42. The minimum atomic E-state index is -0.608. The molecule has 5 rings (SSSR count). The quantitative estimate of drug-likeness (QED) is 0.130. The van der Waals surface area contributed by atoms with E-state index in [4.69, 9.17) is 34.8 Å². The monoisotopic (exact) mass is 598 g/mol. The molecule has 0 bridgehead atoms. The van der Waals surface area contributed by atoms with E-state index in [1.807, 2.05) is 121 Å². The van der Waals surface area contributed by atoms with Crippen molar-refractivity contribution >= 4 is 16.9 Å². The Morgan fingerprint density at radius 3 is 1.42 bits per heavy atom. The first-order valence-electron chi connectivity index (χ1n) is 14.4. The highest BCUT2D eigenvalue weighted by Crippen LogP contribution is 2.35. The highest BCUT2D eigenvalue weighted by Gasteiger charge is 2.49. The smallest absolute Gasteiger partial charge is 0.153 e. The molecule has 0 amide bonds. The zero-order chi connectivity index (χ0) is 29.7. The highest BCUT2D eigenvalue weighted by atomic mass is 32.2. The van der Waals surface area contributed by atoms with E-state index in [1.54, 1.807) is 0 Å². The van der Waals surface area contributed by atoms with Crippen molar-refractivity contribution in [3.63, 3.8) is 0 Å². The zero-order valence-electron chi connectivity index (χ0n) is 24.0. The van der Waals surface area contributed by atoms with E-state index in [2.05, 4.69) is 0 Å². The topological polar surface area (TPSA) is 96.0 Å². The summed E-state index contributed by atoms with van der Waals surface area (Å²) < 4.78 is 32.6. The van der Waals surface area contributed by atoms with Crippen LogP contribution in [-0.2, 0) is 50.1 Å². The molecule has 0 spiro atoms. The number of benzene rings is 4. The average molecular weight is 599 g/mol. The van der Waals surface area contributed by atoms with Crippen molar-refractivity contribution in [3.8, 4) is 0 Å². The Morgan fingerprint density at radius 1 is 0.581 bits per heavy atom. The molecule has 0 aromatic heterocycles. The van der Waals surface area contributed by atoms with Crippen molar-refractivity contribution in [2.24, 2.45) is 5.73 Å². The van der Waals surface area contributed by atoms with Gasteiger partial charge in [-0.2, -0.15) is 0 Å². The second-order valence-corrected chi connectivity index (χ2v) is 11.4. The molecule has 224 valence electrons. The van der Waals surface area contributed by atoms with Gasteiger partial charge < -0.3 is 29.4 Å². The minimum absolute atomic E-state index is 0.0623. The molecule has 8 heteroatoms. The third kappa shape index (κ3) is 9.49. The summed E-state index contributed by atoms with van der Waals surface area (Å²) in [6.45, 7) is 1.76. The van der Waals surface area contributed by atoms with Crippen LogP contribution in [0, 0.1) is 5.41 Å². The lowest BCUT2D eigenvalue weighted by atomic mass is 9.98. The molecule has 4 aromatic carbocycles. The number of amidine groups is 1. The van der Waals surface area contributed by atoms with E-state index in [0.29, 0.717) is 26.4 Å². The molecule has 1 saturated heterocycles. The Kier molecular flexibility index (Phi) is 11.8. The van der Waals surface area contributed by atoms with E-state index in [9.17, 15) is 0 Å². The lowest BCUT2D eigenvalue weighted by Crippen LogP contribution is -2.60. The lowest BCUT2D eigenvalue weighted by molar-refractivity contribution is -0.254. The van der Waals surface area contributed by atoms with Crippen LogP contribution in [0.3, 0.4) is 0 Å². The first kappa shape index (κ1) is 30.9. The molecule has 1 aliphatic heterocycles. The second kappa shape index (κ2) is 16.4. The van der Waals surface area contributed by atoms with Gasteiger partial charge in [-0.15, -0.1) is 0 Å². The molecule has 3 N–H and O–H groups in total. The first-order chi connectivity index (χ1) is 21.2. The zero-order valence-corrected chi connectivity index (χ0v) is 24.8. The predicted molar refractivity (Wildman–Crippen MR) is 169 cm³/mol. The van der Waals surface area contributed by atoms with Crippen molar-refractivity contribution in [2.45, 2.75) is 56.3 Å². The van der Waals surface area contributed by atoms with Gasteiger partial charge in [-0.1, -0.05) is 133 Å². The van der Waals surface area contributed by atoms with E-state index in [-0.39, 0.29) is 11.8 Å². The number of nitrogens with one attached hydrogen (secondary N) is 1. The van der Waals surface area contributed by atoms with E-state index >= 15 is 0 Å². The summed E-state index contributed by atoms with van der Waals surface area (Å²) in [7, 11) is 0. The fourth-order valence-electron chi connectivity index (χ4n) is 4.97. The number of thioether (sulfide) groups is 1. The Bertz CT molecular complexity index is 1360. The van der Waals surface area contributed by atoms with E-state index < -0.39 is 29.9 Å². The fourth-order valence-corrected chi connectivity index (χ4v) is 5.78. The molecule has 5 atom stereocenters. The summed E-state index contributed by atoms with van der Waals surface area (Å²) in [5.74, 6) is 0. The lowest BCUT2D eigenvalue weighted by Gasteiger charge is -2.45. The normalized spacial score (nSPS) is 21.8. The molecule has 1 aliphatic rings. The predicted octanol–water partition coefficient (Wildman–Crippen LogP) is 6.31. The number of hydrogen-bond donors (Lipinski definition) is 2. The highest BCUT2D eigenvalue weighted by molar-refractivity contribution is 8.14. The van der Waals surface area contributed by atoms with Crippen LogP contribution in [0.4, 0.5) is 0 Å². The molecule has 1 fully saturated rings. The van der Waals surface area contributed by atoms with Crippen LogP contribution in [0.15, 0.2) is 121 Å². The molecule has 4 aromatic rings. The number of ether oxygens (including phenoxy) is 5. The Morgan fingerprint density at radius 2 is 0.977 bits per heavy atom. The van der Waals surface area contributed by atoms with Crippen LogP contribution in [-0.4, -0.2) is 41.6 Å². The first-order valence-corrected chi connectivity index (χ1v) is 15.3. The Labute approximate surface area is 257 Å². The third-order valence-electron chi connectivity index (χ3n) is 7.08. The molecule has 43 heavy (non-hydrogen) atoms. The van der Waals surface area contributed by atoms with Gasteiger partial charge in [-0.3, -0.25) is 5.41 Å². The van der Waals surface area contributed by atoms with Crippen LogP contribution < -0.4 is 5.73 Å². The summed E-state index contributed by atoms with van der Waals surface area (Å²) in [6.07, 6.45) is -2.14. The van der Waals surface area contributed by atoms with Crippen LogP contribution in [0.1, 0.15) is 22.3 Å². The summed E-state index contributed by atoms with van der Waals surface area (Å²) in [6, 6.07) is 40.0. The summed E-state index contributed by atoms with van der Waals surface area (Å²) in [5, 5.41) is 8.02. The van der Waals surface area contributed by atoms with Gasteiger partial charge in [0.05, 0.1) is 33.0 Å². The van der Waals surface area contributed by atoms with Gasteiger partial charge in [0.2, 0.25) is 0 Å². The van der Waals surface area contributed by atoms with Crippen molar-refractivity contribution in [2.75, 3.05) is 6.61 Å². The largest absolute Gasteiger partial charge is 0.379 e. The van der Waals surface area contributed by atoms with Gasteiger partial charge in [-0.05, 0) is 22.3 Å². The van der Waals surface area contributed by atoms with Crippen LogP contribution in [0.2, 0.25) is 0 Å². The standard InChI is InChI=1S/C35H38N2O5S/c36-35(37)43-34-33(41-24-29-19-11-4-12-20-29)32(40-23-28-17-9-3-10-18-28)31(39-22-27-15-7-2-8-16-27)30(42-34)25-38-21-26-13-5-1-6-14-26/h1-20,30-34H,21-25H2,(H3,36,37)/t30-,31-,32+,33-,34-/m1/s1. The van der Waals surface area contributed by atoms with Crippen LogP contribution in [0.5, 0.6) is 0 Å². The van der Waals surface area contributed by atoms with Crippen LogP contribution >= 0.6 is 11.8 Å². The van der Waals surface area contributed by atoms with E-state index in [1.165, 1.54) is 0 Å². The van der Waals surface area contributed by atoms with Gasteiger partial charge in [0.25, 0.3) is 0 Å². The molecule has 0 unspecified atom stereocenters. The van der Waals surface area contributed by atoms with E-state index in [0.717, 1.165) is 34.0 Å². The maximum atomic E-state index is 8.08. The molecule has 1 heterocycles. The summed E-state index contributed by atoms with van der Waals surface area (Å²) >= 11 is 1.12. The van der Waals surface area contributed by atoms with Gasteiger partial charge >= 0.3 is 0 Å². The summed E-state index contributed by atoms with van der Waals surface area (Å²) in [4.78, 5) is 0. The van der Waals surface area contributed by atoms with Crippen molar-refractivity contribution < 1.29 is 23.7 Å². The van der Waals surface area contributed by atoms with Gasteiger partial charge in [0, 0.05) is 0 Å². The van der Waals surface area contributed by atoms with Crippen LogP contribution in [0.25, 0.3) is 0 Å². The number of hydrogen-bond acceptors (Lipinski definition) is 7. The van der Waals surface area contributed by atoms with Crippen molar-refractivity contribution in [3.05, 3.63) is 144 Å². The molecule has 0 radical (unpaired) electrons. The van der Waals surface area contributed by atoms with Crippen molar-refractivity contribution in [1.29, 1.82) is 5.41 Å². The SMILES string of the molecule is N=C(N)S[C@H]1O[C@H](COCc2ccccc2)[C@@H](OCc2ccccc2)[C@H](OCc2ccccc2)[C@H]1OCc1ccccc1. The fraction of sp³-hybridized carbons (Fsp3) is 0.286. The molecular formula is C35H38N2O5S. The van der Waals surface area contributed by atoms with Gasteiger partial charge in [0.1, 0.15) is 29.9 Å². The van der Waals surface area contributed by atoms with Crippen molar-refractivity contribution in [1.82, 2.24) is 0 Å². The molecular weight excluding hydrogens is 560 g/mol. The summed E-state index contributed by atoms with van der Waals surface area (Å²) in [5.41, 5.74) is 9.45. The number of nitrogens with two attached hydrogens (primary N) is 1. The maximum Gasteiger partial charge on any atom is 0.153 e. The average Bonchev–Trinajstić information content (AvgIpc) is 3.04. The number of rotatable bonds is 14. The minimum Gasteiger partial charge on any atom is -0.379 e. The second-order valence-electron chi connectivity index (χ2n) is 10.3. The molecule has 0 aliphatic carbocycles. The van der Waals surface area contributed by atoms with Gasteiger partial charge in [0.15, 0.2) is 5.17 Å².